The van der Waals surface area contributed by atoms with Crippen LogP contribution in [-0.4, -0.2) is 35.5 Å². The zero-order chi connectivity index (χ0) is 18.7. The first-order valence-corrected chi connectivity index (χ1v) is 11.5. The Hall–Kier alpha value is -1.45. The maximum Gasteiger partial charge on any atom is 0.379 e. The van der Waals surface area contributed by atoms with Crippen LogP contribution < -0.4 is 0 Å². The number of hydrogen-bond acceptors (Lipinski definition) is 7. The highest BCUT2D eigenvalue weighted by Gasteiger charge is 2.37. The normalized spacial score (nSPS) is 21.7. The van der Waals surface area contributed by atoms with E-state index in [0.29, 0.717) is 19.4 Å². The summed E-state index contributed by atoms with van der Waals surface area (Å²) in [7, 11) is -9.45. The molecular weight excluding hydrogens is 368 g/mol. The molecule has 0 aromatic heterocycles. The zero-order valence-corrected chi connectivity index (χ0v) is 15.8. The molecule has 25 heavy (non-hydrogen) atoms. The molecule has 140 valence electrons. The number of carbonyl (C=O) groups is 1. The first-order valence-electron chi connectivity index (χ1n) is 8.09. The first-order chi connectivity index (χ1) is 11.7. The summed E-state index contributed by atoms with van der Waals surface area (Å²) in [4.78, 5) is 11.4. The van der Waals surface area contributed by atoms with Crippen LogP contribution in [-0.2, 0) is 31.7 Å². The Kier molecular flexibility index (Phi) is 6.23. The van der Waals surface area contributed by atoms with Gasteiger partial charge in [-0.2, -0.15) is 8.42 Å². The number of ether oxygens (including phenoxy) is 1. The van der Waals surface area contributed by atoms with Gasteiger partial charge in [0.05, 0.1) is 23.5 Å². The summed E-state index contributed by atoms with van der Waals surface area (Å²) in [5.41, 5.74) is 0.814. The molecule has 0 amide bonds. The number of hydrogen-bond donors (Lipinski definition) is 0. The molecule has 1 aromatic carbocycles. The second kappa shape index (κ2) is 7.84. The maximum absolute atomic E-state index is 12.3. The molecule has 0 heterocycles. The molecule has 7 nitrogen and oxygen atoms in total. The third kappa shape index (κ3) is 4.59. The van der Waals surface area contributed by atoms with Crippen LogP contribution in [0.3, 0.4) is 0 Å². The number of esters is 1. The van der Waals surface area contributed by atoms with Gasteiger partial charge in [0.15, 0.2) is 0 Å². The monoisotopic (exact) mass is 390 g/mol. The van der Waals surface area contributed by atoms with Gasteiger partial charge in [-0.25, -0.2) is 8.42 Å². The number of benzene rings is 1. The molecule has 1 saturated carbocycles. The Balaban J connectivity index is 2.04. The largest absolute Gasteiger partial charge is 0.466 e. The van der Waals surface area contributed by atoms with Crippen molar-refractivity contribution in [1.29, 1.82) is 0 Å². The second-order valence-electron chi connectivity index (χ2n) is 6.00. The van der Waals surface area contributed by atoms with Crippen LogP contribution in [0.15, 0.2) is 29.2 Å². The summed E-state index contributed by atoms with van der Waals surface area (Å²) in [5.74, 6) is -0.604. The highest BCUT2D eigenvalue weighted by atomic mass is 33.2. The lowest BCUT2D eigenvalue weighted by atomic mass is 9.87. The molecule has 1 fully saturated rings. The van der Waals surface area contributed by atoms with E-state index < -0.39 is 24.1 Å². The van der Waals surface area contributed by atoms with Gasteiger partial charge in [0, 0.05) is 0 Å². The highest BCUT2D eigenvalue weighted by Crippen LogP contribution is 2.30. The summed E-state index contributed by atoms with van der Waals surface area (Å²) >= 11 is 0. The summed E-state index contributed by atoms with van der Waals surface area (Å²) in [6.07, 6.45) is 0.627. The zero-order valence-electron chi connectivity index (χ0n) is 14.2. The lowest BCUT2D eigenvalue weighted by molar-refractivity contribution is -0.149. The van der Waals surface area contributed by atoms with Crippen molar-refractivity contribution < 1.29 is 30.6 Å². The molecule has 0 atom stereocenters. The maximum atomic E-state index is 12.3. The Morgan fingerprint density at radius 2 is 1.60 bits per heavy atom. The van der Waals surface area contributed by atoms with E-state index in [9.17, 15) is 21.6 Å². The quantitative estimate of drug-likeness (QED) is 0.541. The summed E-state index contributed by atoms with van der Waals surface area (Å²) in [6.45, 7) is 3.77. The summed E-state index contributed by atoms with van der Waals surface area (Å²) < 4.78 is 59.0. The molecule has 0 bridgehead atoms. The lowest BCUT2D eigenvalue weighted by Gasteiger charge is -2.26. The van der Waals surface area contributed by atoms with Crippen LogP contribution in [0.1, 0.15) is 38.2 Å². The van der Waals surface area contributed by atoms with Gasteiger partial charge in [-0.3, -0.25) is 8.98 Å². The molecule has 0 N–H and O–H groups in total. The van der Waals surface area contributed by atoms with E-state index in [1.54, 1.807) is 13.8 Å². The van der Waals surface area contributed by atoms with Gasteiger partial charge in [-0.15, -0.1) is 0 Å². The van der Waals surface area contributed by atoms with Crippen LogP contribution in [0.5, 0.6) is 0 Å². The molecule has 0 saturated heterocycles. The van der Waals surface area contributed by atoms with Crippen LogP contribution in [0, 0.1) is 12.8 Å². The van der Waals surface area contributed by atoms with Crippen LogP contribution in [0.2, 0.25) is 0 Å². The molecule has 1 aliphatic carbocycles. The van der Waals surface area contributed by atoms with E-state index in [-0.39, 0.29) is 29.6 Å². The molecule has 0 spiro atoms. The molecule has 2 rings (SSSR count). The average Bonchev–Trinajstić information content (AvgIpc) is 2.55. The van der Waals surface area contributed by atoms with E-state index >= 15 is 0 Å². The van der Waals surface area contributed by atoms with Gasteiger partial charge in [-0.05, 0) is 51.7 Å². The van der Waals surface area contributed by atoms with Gasteiger partial charge in [-0.1, -0.05) is 17.7 Å². The van der Waals surface area contributed by atoms with Crippen LogP contribution in [0.25, 0.3) is 0 Å². The third-order valence-corrected chi connectivity index (χ3v) is 8.45. The highest BCUT2D eigenvalue weighted by molar-refractivity contribution is 8.65. The Morgan fingerprint density at radius 1 is 1.04 bits per heavy atom. The molecule has 9 heteroatoms. The Bertz CT molecular complexity index is 803. The number of carbonyl (C=O) groups excluding carboxylic acids is 1. The molecular formula is C16H22O7S2. The van der Waals surface area contributed by atoms with Crippen molar-refractivity contribution in [3.05, 3.63) is 29.8 Å². The van der Waals surface area contributed by atoms with Crippen molar-refractivity contribution in [3.8, 4) is 0 Å². The minimum Gasteiger partial charge on any atom is -0.466 e. The van der Waals surface area contributed by atoms with Crippen molar-refractivity contribution in [2.45, 2.75) is 50.5 Å². The van der Waals surface area contributed by atoms with Crippen LogP contribution in [0.4, 0.5) is 0 Å². The third-order valence-electron chi connectivity index (χ3n) is 4.13. The minimum atomic E-state index is -4.82. The fourth-order valence-corrected chi connectivity index (χ4v) is 5.71. The molecule has 0 aliphatic heterocycles. The van der Waals surface area contributed by atoms with Crippen molar-refractivity contribution in [1.82, 2.24) is 0 Å². The standard InChI is InChI=1S/C16H22O7S2/c1-3-22-16(17)13-6-8-14(9-7-13)23-25(20,21)24(18,19)15-10-4-12(2)5-11-15/h4-5,10-11,13-14H,3,6-9H2,1-2H3. The second-order valence-corrected chi connectivity index (χ2v) is 10.9. The van der Waals surface area contributed by atoms with Gasteiger partial charge < -0.3 is 4.74 Å². The Labute approximate surface area is 147 Å². The van der Waals surface area contributed by atoms with Crippen molar-refractivity contribution in [3.63, 3.8) is 0 Å². The Morgan fingerprint density at radius 3 is 2.12 bits per heavy atom. The predicted molar refractivity (Wildman–Crippen MR) is 90.7 cm³/mol. The molecule has 1 aliphatic rings. The van der Waals surface area contributed by atoms with E-state index in [2.05, 4.69) is 0 Å². The summed E-state index contributed by atoms with van der Waals surface area (Å²) in [6, 6.07) is 5.52. The minimum absolute atomic E-state index is 0.284. The molecule has 0 radical (unpaired) electrons. The topological polar surface area (TPSA) is 104 Å². The molecule has 1 aromatic rings. The van der Waals surface area contributed by atoms with E-state index in [0.717, 1.165) is 5.56 Å². The van der Waals surface area contributed by atoms with Gasteiger partial charge in [0.25, 0.3) is 0 Å². The summed E-state index contributed by atoms with van der Waals surface area (Å²) in [5, 5.41) is 0. The SMILES string of the molecule is CCOC(=O)C1CCC(OS(=O)(=O)S(=O)(=O)c2ccc(C)cc2)CC1. The van der Waals surface area contributed by atoms with E-state index in [1.165, 1.54) is 24.3 Å². The lowest BCUT2D eigenvalue weighted by Crippen LogP contribution is -2.31. The predicted octanol–water partition coefficient (Wildman–Crippen LogP) is 2.15. The number of rotatable bonds is 6. The average molecular weight is 390 g/mol. The number of aryl methyl sites for hydroxylation is 1. The molecule has 0 unspecified atom stereocenters. The van der Waals surface area contributed by atoms with Crippen LogP contribution >= 0.6 is 0 Å². The smallest absolute Gasteiger partial charge is 0.379 e. The van der Waals surface area contributed by atoms with E-state index in [1.807, 2.05) is 0 Å². The fraction of sp³-hybridized carbons (Fsp3) is 0.562. The van der Waals surface area contributed by atoms with Gasteiger partial charge in [0.1, 0.15) is 0 Å². The van der Waals surface area contributed by atoms with Gasteiger partial charge in [0.2, 0.25) is 0 Å². The van der Waals surface area contributed by atoms with Crippen molar-refractivity contribution in [2.24, 2.45) is 5.92 Å². The van der Waals surface area contributed by atoms with Crippen molar-refractivity contribution in [2.75, 3.05) is 6.61 Å². The van der Waals surface area contributed by atoms with E-state index in [4.69, 9.17) is 8.92 Å². The fourth-order valence-electron chi connectivity index (χ4n) is 2.70. The van der Waals surface area contributed by atoms with Gasteiger partial charge >= 0.3 is 24.0 Å². The first kappa shape index (κ1) is 19.9. The van der Waals surface area contributed by atoms with Crippen molar-refractivity contribution >= 4 is 24.0 Å².